The minimum absolute atomic E-state index is 0.510. The van der Waals surface area contributed by atoms with Gasteiger partial charge >= 0.3 is 0 Å². The van der Waals surface area contributed by atoms with Crippen molar-refractivity contribution in [1.82, 2.24) is 0 Å². The summed E-state index contributed by atoms with van der Waals surface area (Å²) >= 11 is 0. The molecule has 0 unspecified atom stereocenters. The SMILES string of the molecule is C=C1/C=C\C=C(/C)C2(C3=NCc4c(cccc4/C(C)=C/C=C\3)CCc3cccc1c3C)c1ccccc1-c1ccccc12. The van der Waals surface area contributed by atoms with E-state index in [0.717, 1.165) is 24.1 Å². The van der Waals surface area contributed by atoms with Gasteiger partial charge in [0.1, 0.15) is 0 Å². The Morgan fingerprint density at radius 1 is 0.628 bits per heavy atom. The Labute approximate surface area is 256 Å². The van der Waals surface area contributed by atoms with Crippen molar-refractivity contribution in [2.75, 3.05) is 0 Å². The summed E-state index contributed by atoms with van der Waals surface area (Å²) in [6, 6.07) is 31.2. The van der Waals surface area contributed by atoms with Crippen LogP contribution in [-0.2, 0) is 24.8 Å². The Morgan fingerprint density at radius 3 is 1.98 bits per heavy atom. The Balaban J connectivity index is 1.55. The van der Waals surface area contributed by atoms with Crippen LogP contribution in [0.15, 0.2) is 139 Å². The zero-order chi connectivity index (χ0) is 29.6. The fraction of sp³-hybridized carbons (Fsp3) is 0.167. The highest BCUT2D eigenvalue weighted by Gasteiger charge is 2.47. The van der Waals surface area contributed by atoms with E-state index < -0.39 is 5.41 Å². The fourth-order valence-corrected chi connectivity index (χ4v) is 7.49. The molecule has 1 nitrogen and oxygen atoms in total. The average molecular weight is 556 g/mol. The predicted molar refractivity (Wildman–Crippen MR) is 184 cm³/mol. The van der Waals surface area contributed by atoms with Crippen LogP contribution in [0.1, 0.15) is 58.4 Å². The van der Waals surface area contributed by atoms with Gasteiger partial charge in [0.05, 0.1) is 17.7 Å². The van der Waals surface area contributed by atoms with Crippen molar-refractivity contribution in [3.8, 4) is 11.1 Å². The monoisotopic (exact) mass is 555 g/mol. The first-order chi connectivity index (χ1) is 21.0. The summed E-state index contributed by atoms with van der Waals surface area (Å²) in [4.78, 5) is 5.57. The smallest absolute Gasteiger partial charge is 0.0841 e. The fourth-order valence-electron chi connectivity index (χ4n) is 7.49. The second-order valence-corrected chi connectivity index (χ2v) is 12.0. The van der Waals surface area contributed by atoms with Crippen LogP contribution in [0.25, 0.3) is 22.3 Å². The van der Waals surface area contributed by atoms with Gasteiger partial charge in [0, 0.05) is 0 Å². The van der Waals surface area contributed by atoms with Crippen molar-refractivity contribution in [3.05, 3.63) is 178 Å². The summed E-state index contributed by atoms with van der Waals surface area (Å²) in [6.07, 6.45) is 15.3. The van der Waals surface area contributed by atoms with Gasteiger partial charge in [0.25, 0.3) is 0 Å². The number of hydrogen-bond acceptors (Lipinski definition) is 1. The predicted octanol–water partition coefficient (Wildman–Crippen LogP) is 10.2. The highest BCUT2D eigenvalue weighted by atomic mass is 14.8. The van der Waals surface area contributed by atoms with Crippen molar-refractivity contribution >= 4 is 16.9 Å². The van der Waals surface area contributed by atoms with Gasteiger partial charge in [0.2, 0.25) is 0 Å². The minimum atomic E-state index is -0.510. The topological polar surface area (TPSA) is 12.4 Å². The average Bonchev–Trinajstić information content (AvgIpc) is 3.36. The molecule has 0 amide bonds. The molecule has 0 radical (unpaired) electrons. The molecule has 0 atom stereocenters. The Morgan fingerprint density at radius 2 is 1.23 bits per heavy atom. The van der Waals surface area contributed by atoms with Crippen molar-refractivity contribution in [1.29, 1.82) is 0 Å². The molecule has 7 rings (SSSR count). The molecule has 0 saturated heterocycles. The third kappa shape index (κ3) is 4.34. The van der Waals surface area contributed by atoms with Crippen LogP contribution in [0, 0.1) is 6.92 Å². The zero-order valence-corrected chi connectivity index (χ0v) is 25.3. The van der Waals surface area contributed by atoms with Crippen LogP contribution in [0.5, 0.6) is 0 Å². The summed E-state index contributed by atoms with van der Waals surface area (Å²) in [5, 5.41) is 0. The van der Waals surface area contributed by atoms with Gasteiger partial charge < -0.3 is 0 Å². The number of aliphatic imine (C=N–C) groups is 1. The minimum Gasteiger partial charge on any atom is -0.283 e. The van der Waals surface area contributed by atoms with E-state index in [9.17, 15) is 0 Å². The van der Waals surface area contributed by atoms with Gasteiger partial charge in [-0.05, 0) is 106 Å². The van der Waals surface area contributed by atoms with Crippen LogP contribution < -0.4 is 0 Å². The van der Waals surface area contributed by atoms with E-state index in [1.807, 2.05) is 0 Å². The normalized spacial score (nSPS) is 20.8. The third-order valence-corrected chi connectivity index (χ3v) is 9.73. The molecule has 1 spiro atoms. The quantitative estimate of drug-likeness (QED) is 0.205. The molecule has 1 heteroatoms. The van der Waals surface area contributed by atoms with Crippen molar-refractivity contribution in [3.63, 3.8) is 0 Å². The largest absolute Gasteiger partial charge is 0.283 e. The third-order valence-electron chi connectivity index (χ3n) is 9.73. The maximum absolute atomic E-state index is 5.57. The number of fused-ring (bicyclic) bond motifs is 9. The van der Waals surface area contributed by atoms with E-state index in [-0.39, 0.29) is 0 Å². The molecule has 3 aliphatic rings. The van der Waals surface area contributed by atoms with Crippen LogP contribution in [0.2, 0.25) is 0 Å². The molecular formula is C42H37N. The number of hydrogen-bond donors (Lipinski definition) is 0. The standard InChI is InChI=1S/C42H37N/c1-28-13-9-15-30(3)42(39-22-7-5-18-36(39)37-19-6-8-23-40(37)42)41-24-10-14-29(2)35-21-12-17-33(38(35)27-43-41)26-25-32-16-11-20-34(28)31(32)4/h5-24H,1,25-27H2,2-4H3/b13-9-,24-10-,29-14+,30-15+,43-41?. The van der Waals surface area contributed by atoms with Gasteiger partial charge in [-0.15, -0.1) is 0 Å². The molecular weight excluding hydrogens is 518 g/mol. The van der Waals surface area contributed by atoms with Gasteiger partial charge in [-0.3, -0.25) is 4.99 Å². The lowest BCUT2D eigenvalue weighted by molar-refractivity contribution is 0.818. The van der Waals surface area contributed by atoms with Gasteiger partial charge in [-0.2, -0.15) is 0 Å². The first-order valence-corrected chi connectivity index (χ1v) is 15.3. The number of aryl methyl sites for hydroxylation is 2. The summed E-state index contributed by atoms with van der Waals surface area (Å²) < 4.78 is 0. The number of nitrogens with zero attached hydrogens (tertiary/aromatic N) is 1. The molecule has 2 aliphatic heterocycles. The number of allylic oxidation sites excluding steroid dienone is 9. The molecule has 1 aliphatic carbocycles. The lowest BCUT2D eigenvalue weighted by atomic mass is 9.68. The molecule has 0 saturated carbocycles. The van der Waals surface area contributed by atoms with E-state index in [1.54, 1.807) is 0 Å². The maximum Gasteiger partial charge on any atom is 0.0841 e. The summed E-state index contributed by atoms with van der Waals surface area (Å²) in [5.74, 6) is 0. The van der Waals surface area contributed by atoms with Gasteiger partial charge in [-0.25, -0.2) is 0 Å². The van der Waals surface area contributed by atoms with Crippen LogP contribution in [0.3, 0.4) is 0 Å². The number of rotatable bonds is 0. The molecule has 0 aromatic heterocycles. The molecule has 0 fully saturated rings. The summed E-state index contributed by atoms with van der Waals surface area (Å²) in [7, 11) is 0. The Bertz CT molecular complexity index is 1890. The lowest BCUT2D eigenvalue weighted by Gasteiger charge is -2.34. The highest BCUT2D eigenvalue weighted by Crippen LogP contribution is 2.54. The lowest BCUT2D eigenvalue weighted by Crippen LogP contribution is -2.36. The molecule has 4 bridgehead atoms. The molecule has 210 valence electrons. The van der Waals surface area contributed by atoms with Crippen LogP contribution in [0.4, 0.5) is 0 Å². The zero-order valence-electron chi connectivity index (χ0n) is 25.3. The van der Waals surface area contributed by atoms with Crippen molar-refractivity contribution in [2.45, 2.75) is 45.6 Å². The van der Waals surface area contributed by atoms with Gasteiger partial charge in [0.15, 0.2) is 0 Å². The molecule has 2 heterocycles. The Kier molecular flexibility index (Phi) is 6.82. The van der Waals surface area contributed by atoms with Crippen LogP contribution in [-0.4, -0.2) is 5.71 Å². The molecule has 0 N–H and O–H groups in total. The first-order valence-electron chi connectivity index (χ1n) is 15.3. The maximum atomic E-state index is 5.57. The first kappa shape index (κ1) is 27.1. The molecule has 4 aromatic carbocycles. The summed E-state index contributed by atoms with van der Waals surface area (Å²) in [5.41, 5.74) is 17.2. The van der Waals surface area contributed by atoms with E-state index in [4.69, 9.17) is 4.99 Å². The Hall–Kier alpha value is -4.75. The van der Waals surface area contributed by atoms with Gasteiger partial charge in [-0.1, -0.05) is 127 Å². The van der Waals surface area contributed by atoms with Crippen molar-refractivity contribution < 1.29 is 0 Å². The van der Waals surface area contributed by atoms with E-state index in [0.29, 0.717) is 6.54 Å². The highest BCUT2D eigenvalue weighted by molar-refractivity contribution is 6.13. The van der Waals surface area contributed by atoms with E-state index in [1.165, 1.54) is 66.8 Å². The molecule has 4 aromatic rings. The van der Waals surface area contributed by atoms with E-state index in [2.05, 4.69) is 149 Å². The molecule has 43 heavy (non-hydrogen) atoms. The second kappa shape index (κ2) is 10.8. The van der Waals surface area contributed by atoms with Crippen LogP contribution >= 0.6 is 0 Å². The van der Waals surface area contributed by atoms with E-state index >= 15 is 0 Å². The number of benzene rings is 4. The van der Waals surface area contributed by atoms with Crippen molar-refractivity contribution in [2.24, 2.45) is 4.99 Å². The second-order valence-electron chi connectivity index (χ2n) is 12.0. The summed E-state index contributed by atoms with van der Waals surface area (Å²) in [6.45, 7) is 11.9.